The predicted molar refractivity (Wildman–Crippen MR) is 160 cm³/mol. The number of hydrogen-bond donors (Lipinski definition) is 0. The van der Waals surface area contributed by atoms with Crippen molar-refractivity contribution in [2.75, 3.05) is 13.2 Å². The molecule has 1 heterocycles. The second-order valence-electron chi connectivity index (χ2n) is 11.5. The normalized spacial score (nSPS) is 17.6. The molecular formula is C31H56O2SiSn. The standard InChI is InChI=1S/C19H29O2Si.3C4H9.Sn/c1-22(2,18-12-6-5-7-13-18)17-11-4-3-9-15-20-19-14-8-10-16-21-19;3*1-3-4-2;/h5-7,12-13,17,19H,3-4,8-10,14-16H2,1-2H3;3*1,3-4H2,2H3;/t19-;;;;/m1..../s1. The average Bonchev–Trinajstić information content (AvgIpc) is 2.89. The van der Waals surface area contributed by atoms with E-state index in [1.54, 1.807) is 18.5 Å². The van der Waals surface area contributed by atoms with Crippen LogP contribution in [0.25, 0.3) is 0 Å². The molecule has 0 spiro atoms. The number of unbranched alkanes of at least 4 members (excludes halogenated alkanes) is 4. The molecule has 1 atom stereocenters. The first-order valence-corrected chi connectivity index (χ1v) is 25.5. The van der Waals surface area contributed by atoms with Crippen LogP contribution in [0.4, 0.5) is 0 Å². The Kier molecular flexibility index (Phi) is 15.5. The van der Waals surface area contributed by atoms with E-state index in [0.717, 1.165) is 19.6 Å². The minimum absolute atomic E-state index is 0.0557. The van der Waals surface area contributed by atoms with Gasteiger partial charge < -0.3 is 0 Å². The third-order valence-electron chi connectivity index (χ3n) is 8.04. The van der Waals surface area contributed by atoms with Crippen LogP contribution in [0.2, 0.25) is 26.4 Å². The summed E-state index contributed by atoms with van der Waals surface area (Å²) in [4.78, 5) is 0. The zero-order valence-electron chi connectivity index (χ0n) is 23.9. The maximum absolute atomic E-state index is 6.10. The first kappa shape index (κ1) is 31.1. The monoisotopic (exact) mass is 608 g/mol. The molecule has 200 valence electrons. The number of benzene rings is 1. The van der Waals surface area contributed by atoms with Crippen LogP contribution < -0.4 is 5.19 Å². The molecule has 1 aromatic carbocycles. The molecule has 0 N–H and O–H groups in total. The van der Waals surface area contributed by atoms with Gasteiger partial charge in [-0.3, -0.25) is 0 Å². The summed E-state index contributed by atoms with van der Waals surface area (Å²) in [5.41, 5.74) is 2.92. The Morgan fingerprint density at radius 3 is 2.09 bits per heavy atom. The van der Waals surface area contributed by atoms with Gasteiger partial charge in [-0.05, 0) is 0 Å². The first-order valence-electron chi connectivity index (χ1n) is 15.0. The van der Waals surface area contributed by atoms with Gasteiger partial charge >= 0.3 is 224 Å². The van der Waals surface area contributed by atoms with E-state index in [1.165, 1.54) is 70.6 Å². The van der Waals surface area contributed by atoms with E-state index < -0.39 is 26.5 Å². The molecule has 4 heteroatoms. The molecule has 1 saturated heterocycles. The van der Waals surface area contributed by atoms with Crippen LogP contribution in [0, 0.1) is 0 Å². The summed E-state index contributed by atoms with van der Waals surface area (Å²) < 4.78 is 18.6. The molecule has 2 rings (SSSR count). The number of allylic oxidation sites excluding steroid dienone is 1. The van der Waals surface area contributed by atoms with Crippen LogP contribution in [0.1, 0.15) is 97.8 Å². The molecule has 0 aromatic heterocycles. The molecule has 0 unspecified atom stereocenters. The molecule has 2 nitrogen and oxygen atoms in total. The van der Waals surface area contributed by atoms with E-state index in [9.17, 15) is 0 Å². The summed E-state index contributed by atoms with van der Waals surface area (Å²) in [7, 11) is -1.63. The minimum atomic E-state index is -2.45. The van der Waals surface area contributed by atoms with Gasteiger partial charge in [-0.25, -0.2) is 0 Å². The van der Waals surface area contributed by atoms with E-state index in [-0.39, 0.29) is 6.29 Å². The molecule has 0 radical (unpaired) electrons. The number of rotatable bonds is 18. The van der Waals surface area contributed by atoms with Crippen molar-refractivity contribution in [3.8, 4) is 0 Å². The molecule has 1 aromatic rings. The fourth-order valence-electron chi connectivity index (χ4n) is 5.75. The molecule has 35 heavy (non-hydrogen) atoms. The zero-order chi connectivity index (χ0) is 25.4. The SMILES string of the molecule is CCC[CH2][Sn]([CH2]CCC)([CH2]CCC)/[C](=C\[Si](C)(C)c1ccccc1)CCCCO[C@H]1CCCCO1. The Morgan fingerprint density at radius 1 is 0.914 bits per heavy atom. The Balaban J connectivity index is 2.25. The van der Waals surface area contributed by atoms with E-state index >= 15 is 0 Å². The number of ether oxygens (including phenoxy) is 2. The average molecular weight is 608 g/mol. The van der Waals surface area contributed by atoms with E-state index in [1.807, 2.05) is 3.59 Å². The molecule has 1 aliphatic rings. The van der Waals surface area contributed by atoms with Gasteiger partial charge in [0, 0.05) is 0 Å². The Morgan fingerprint density at radius 2 is 1.54 bits per heavy atom. The predicted octanol–water partition coefficient (Wildman–Crippen LogP) is 9.17. The molecule has 0 bridgehead atoms. The van der Waals surface area contributed by atoms with Gasteiger partial charge in [-0.2, -0.15) is 0 Å². The van der Waals surface area contributed by atoms with Gasteiger partial charge in [0.25, 0.3) is 0 Å². The second kappa shape index (κ2) is 17.4. The van der Waals surface area contributed by atoms with Crippen LogP contribution in [-0.4, -0.2) is 46.0 Å². The summed E-state index contributed by atoms with van der Waals surface area (Å²) in [5.74, 6) is 0. The van der Waals surface area contributed by atoms with Crippen LogP contribution >= 0.6 is 0 Å². The quantitative estimate of drug-likeness (QED) is 0.122. The summed E-state index contributed by atoms with van der Waals surface area (Å²) in [5, 5.41) is 1.59. The van der Waals surface area contributed by atoms with Gasteiger partial charge in [-0.15, -0.1) is 0 Å². The van der Waals surface area contributed by atoms with E-state index in [4.69, 9.17) is 9.47 Å². The van der Waals surface area contributed by atoms with Gasteiger partial charge in [0.2, 0.25) is 0 Å². The van der Waals surface area contributed by atoms with Crippen molar-refractivity contribution in [3.05, 3.63) is 39.6 Å². The van der Waals surface area contributed by atoms with Gasteiger partial charge in [-0.1, -0.05) is 0 Å². The molecule has 1 fully saturated rings. The molecule has 0 amide bonds. The summed E-state index contributed by atoms with van der Waals surface area (Å²) in [6.07, 6.45) is 15.7. The van der Waals surface area contributed by atoms with Crippen LogP contribution in [0.5, 0.6) is 0 Å². The van der Waals surface area contributed by atoms with Crippen LogP contribution in [-0.2, 0) is 9.47 Å². The third kappa shape index (κ3) is 11.0. The second-order valence-corrected chi connectivity index (χ2v) is 29.2. The van der Waals surface area contributed by atoms with Crippen molar-refractivity contribution in [2.45, 2.75) is 131 Å². The van der Waals surface area contributed by atoms with Crippen molar-refractivity contribution in [1.82, 2.24) is 0 Å². The van der Waals surface area contributed by atoms with Crippen molar-refractivity contribution in [1.29, 1.82) is 0 Å². The fraction of sp³-hybridized carbons (Fsp3) is 0.742. The Hall–Kier alpha value is -0.104. The van der Waals surface area contributed by atoms with Gasteiger partial charge in [0.15, 0.2) is 0 Å². The van der Waals surface area contributed by atoms with E-state index in [0.29, 0.717) is 0 Å². The van der Waals surface area contributed by atoms with Crippen LogP contribution in [0.3, 0.4) is 0 Å². The Bertz CT molecular complexity index is 675. The summed E-state index contributed by atoms with van der Waals surface area (Å²) in [6, 6.07) is 11.4. The number of hydrogen-bond acceptors (Lipinski definition) is 2. The topological polar surface area (TPSA) is 18.5 Å². The van der Waals surface area contributed by atoms with Gasteiger partial charge in [0.1, 0.15) is 0 Å². The first-order chi connectivity index (χ1) is 17.0. The van der Waals surface area contributed by atoms with Crippen molar-refractivity contribution in [3.63, 3.8) is 0 Å². The van der Waals surface area contributed by atoms with Crippen molar-refractivity contribution in [2.24, 2.45) is 0 Å². The van der Waals surface area contributed by atoms with Crippen molar-refractivity contribution >= 4 is 31.6 Å². The zero-order valence-corrected chi connectivity index (χ0v) is 27.7. The van der Waals surface area contributed by atoms with Crippen LogP contribution in [0.15, 0.2) is 39.6 Å². The van der Waals surface area contributed by atoms with E-state index in [2.05, 4.69) is 69.9 Å². The molecular weight excluding hydrogens is 551 g/mol. The molecule has 1 aliphatic heterocycles. The maximum atomic E-state index is 6.10. The summed E-state index contributed by atoms with van der Waals surface area (Å²) >= 11 is -2.45. The Labute approximate surface area is 223 Å². The summed E-state index contributed by atoms with van der Waals surface area (Å²) in [6.45, 7) is 14.1. The van der Waals surface area contributed by atoms with Crippen molar-refractivity contribution < 1.29 is 9.47 Å². The fourth-order valence-corrected chi connectivity index (χ4v) is 29.7. The molecule has 0 aliphatic carbocycles. The van der Waals surface area contributed by atoms with Gasteiger partial charge in [0.05, 0.1) is 0 Å². The third-order valence-corrected chi connectivity index (χ3v) is 28.0. The molecule has 0 saturated carbocycles.